The first kappa shape index (κ1) is 16.6. The van der Waals surface area contributed by atoms with E-state index in [-0.39, 0.29) is 19.1 Å². The summed E-state index contributed by atoms with van der Waals surface area (Å²) in [7, 11) is 0. The molecule has 1 fully saturated rings. The standard InChI is InChI=1S/C13H20F2N4O3/c1-8(2)12-17-10(22-18-12)3-4-16-13(20)19-5-6-21-9(7-19)11(14)15/h8-9,11H,3-7H2,1-2H3,(H,16,20). The van der Waals surface area contributed by atoms with Crippen molar-refractivity contribution in [2.75, 3.05) is 26.2 Å². The molecule has 2 heterocycles. The van der Waals surface area contributed by atoms with Gasteiger partial charge in [0.2, 0.25) is 5.89 Å². The molecule has 0 saturated carbocycles. The predicted molar refractivity (Wildman–Crippen MR) is 72.8 cm³/mol. The molecule has 2 rings (SSSR count). The van der Waals surface area contributed by atoms with Crippen molar-refractivity contribution in [2.24, 2.45) is 0 Å². The number of ether oxygens (including phenoxy) is 1. The van der Waals surface area contributed by atoms with Crippen molar-refractivity contribution < 1.29 is 22.8 Å². The molecule has 22 heavy (non-hydrogen) atoms. The topological polar surface area (TPSA) is 80.5 Å². The van der Waals surface area contributed by atoms with Gasteiger partial charge in [-0.15, -0.1) is 0 Å². The van der Waals surface area contributed by atoms with E-state index in [1.54, 1.807) is 0 Å². The fraction of sp³-hybridized carbons (Fsp3) is 0.769. The van der Waals surface area contributed by atoms with E-state index in [1.165, 1.54) is 4.90 Å². The molecule has 9 heteroatoms. The van der Waals surface area contributed by atoms with Crippen molar-refractivity contribution >= 4 is 6.03 Å². The monoisotopic (exact) mass is 318 g/mol. The molecule has 0 aliphatic carbocycles. The number of nitrogens with one attached hydrogen (secondary N) is 1. The number of urea groups is 1. The second-order valence-corrected chi connectivity index (χ2v) is 5.37. The maximum Gasteiger partial charge on any atom is 0.317 e. The highest BCUT2D eigenvalue weighted by Crippen LogP contribution is 2.13. The third-order valence-electron chi connectivity index (χ3n) is 3.28. The molecule has 1 aliphatic rings. The fourth-order valence-corrected chi connectivity index (χ4v) is 2.00. The number of rotatable bonds is 5. The Morgan fingerprint density at radius 3 is 2.91 bits per heavy atom. The zero-order chi connectivity index (χ0) is 16.1. The summed E-state index contributed by atoms with van der Waals surface area (Å²) in [5.41, 5.74) is 0. The number of alkyl halides is 2. The molecule has 1 aliphatic heterocycles. The van der Waals surface area contributed by atoms with Crippen molar-refractivity contribution in [2.45, 2.75) is 38.7 Å². The Labute approximate surface area is 127 Å². The zero-order valence-corrected chi connectivity index (χ0v) is 12.6. The van der Waals surface area contributed by atoms with Crippen LogP contribution in [0.4, 0.5) is 13.6 Å². The minimum absolute atomic E-state index is 0.110. The number of nitrogens with zero attached hydrogens (tertiary/aromatic N) is 3. The van der Waals surface area contributed by atoms with Gasteiger partial charge in [-0.1, -0.05) is 19.0 Å². The van der Waals surface area contributed by atoms with E-state index in [2.05, 4.69) is 15.5 Å². The van der Waals surface area contributed by atoms with Crippen molar-refractivity contribution in [3.63, 3.8) is 0 Å². The van der Waals surface area contributed by atoms with Crippen LogP contribution in [0.1, 0.15) is 31.5 Å². The molecule has 1 unspecified atom stereocenters. The van der Waals surface area contributed by atoms with Gasteiger partial charge in [-0.05, 0) is 0 Å². The van der Waals surface area contributed by atoms with Crippen LogP contribution in [0.25, 0.3) is 0 Å². The predicted octanol–water partition coefficient (Wildman–Crippen LogP) is 1.41. The highest BCUT2D eigenvalue weighted by Gasteiger charge is 2.30. The van der Waals surface area contributed by atoms with E-state index in [9.17, 15) is 13.6 Å². The Morgan fingerprint density at radius 2 is 2.27 bits per heavy atom. The van der Waals surface area contributed by atoms with E-state index in [0.717, 1.165) is 0 Å². The summed E-state index contributed by atoms with van der Waals surface area (Å²) in [6.45, 7) is 4.51. The van der Waals surface area contributed by atoms with Crippen LogP contribution in [0, 0.1) is 0 Å². The first-order chi connectivity index (χ1) is 10.5. The van der Waals surface area contributed by atoms with Crippen LogP contribution >= 0.6 is 0 Å². The lowest BCUT2D eigenvalue weighted by Gasteiger charge is -2.32. The van der Waals surface area contributed by atoms with E-state index in [0.29, 0.717) is 31.2 Å². The molecule has 0 radical (unpaired) electrons. The third-order valence-corrected chi connectivity index (χ3v) is 3.28. The minimum atomic E-state index is -2.59. The molecule has 0 spiro atoms. The van der Waals surface area contributed by atoms with Crippen LogP contribution in [-0.2, 0) is 11.2 Å². The zero-order valence-electron chi connectivity index (χ0n) is 12.6. The molecule has 1 saturated heterocycles. The van der Waals surface area contributed by atoms with Gasteiger partial charge in [0.1, 0.15) is 6.10 Å². The largest absolute Gasteiger partial charge is 0.369 e. The summed E-state index contributed by atoms with van der Waals surface area (Å²) in [5, 5.41) is 6.48. The average molecular weight is 318 g/mol. The molecule has 0 aromatic carbocycles. The number of hydrogen-bond acceptors (Lipinski definition) is 5. The Kier molecular flexibility index (Phi) is 5.64. The van der Waals surface area contributed by atoms with Gasteiger partial charge in [0, 0.05) is 25.4 Å². The van der Waals surface area contributed by atoms with E-state index in [1.807, 2.05) is 13.8 Å². The lowest BCUT2D eigenvalue weighted by molar-refractivity contribution is -0.0925. The van der Waals surface area contributed by atoms with Crippen LogP contribution < -0.4 is 5.32 Å². The summed E-state index contributed by atoms with van der Waals surface area (Å²) >= 11 is 0. The second-order valence-electron chi connectivity index (χ2n) is 5.37. The summed E-state index contributed by atoms with van der Waals surface area (Å²) in [6, 6.07) is -0.391. The van der Waals surface area contributed by atoms with Gasteiger partial charge in [0.05, 0.1) is 13.2 Å². The molecule has 7 nitrogen and oxygen atoms in total. The molecule has 1 atom stereocenters. The van der Waals surface area contributed by atoms with E-state index in [4.69, 9.17) is 9.26 Å². The minimum Gasteiger partial charge on any atom is -0.369 e. The molecular weight excluding hydrogens is 298 g/mol. The maximum absolute atomic E-state index is 12.6. The fourth-order valence-electron chi connectivity index (χ4n) is 2.00. The lowest BCUT2D eigenvalue weighted by atomic mass is 10.2. The highest BCUT2D eigenvalue weighted by molar-refractivity contribution is 5.74. The van der Waals surface area contributed by atoms with Crippen LogP contribution in [0.2, 0.25) is 0 Å². The van der Waals surface area contributed by atoms with Gasteiger partial charge in [-0.25, -0.2) is 13.6 Å². The van der Waals surface area contributed by atoms with Gasteiger partial charge < -0.3 is 19.5 Å². The van der Waals surface area contributed by atoms with Gasteiger partial charge >= 0.3 is 6.03 Å². The molecule has 0 bridgehead atoms. The second kappa shape index (κ2) is 7.48. The molecule has 1 aromatic heterocycles. The van der Waals surface area contributed by atoms with Crippen LogP contribution in [0.15, 0.2) is 4.52 Å². The Morgan fingerprint density at radius 1 is 1.50 bits per heavy atom. The lowest BCUT2D eigenvalue weighted by Crippen LogP contribution is -2.51. The number of carbonyl (C=O) groups excluding carboxylic acids is 1. The van der Waals surface area contributed by atoms with E-state index >= 15 is 0 Å². The number of morpholine rings is 1. The van der Waals surface area contributed by atoms with Gasteiger partial charge in [0.25, 0.3) is 6.43 Å². The molecule has 2 amide bonds. The Hall–Kier alpha value is -1.77. The number of amides is 2. The summed E-state index contributed by atoms with van der Waals surface area (Å²) in [4.78, 5) is 17.4. The van der Waals surface area contributed by atoms with Crippen LogP contribution in [-0.4, -0.2) is 59.8 Å². The first-order valence-electron chi connectivity index (χ1n) is 7.22. The van der Waals surface area contributed by atoms with Crippen molar-refractivity contribution in [3.05, 3.63) is 11.7 Å². The molecule has 1 N–H and O–H groups in total. The van der Waals surface area contributed by atoms with Crippen molar-refractivity contribution in [1.82, 2.24) is 20.4 Å². The number of halogens is 2. The summed E-state index contributed by atoms with van der Waals surface area (Å²) in [5.74, 6) is 1.23. The van der Waals surface area contributed by atoms with Crippen molar-refractivity contribution in [1.29, 1.82) is 0 Å². The van der Waals surface area contributed by atoms with Crippen LogP contribution in [0.5, 0.6) is 0 Å². The van der Waals surface area contributed by atoms with E-state index < -0.39 is 18.6 Å². The molecule has 124 valence electrons. The molecular formula is C13H20F2N4O3. The van der Waals surface area contributed by atoms with Gasteiger partial charge in [-0.2, -0.15) is 4.98 Å². The average Bonchev–Trinajstić information content (AvgIpc) is 2.96. The summed E-state index contributed by atoms with van der Waals surface area (Å²) < 4.78 is 35.1. The normalized spacial score (nSPS) is 19.0. The van der Waals surface area contributed by atoms with Crippen LogP contribution in [0.3, 0.4) is 0 Å². The Bertz CT molecular complexity index is 495. The molecule has 1 aromatic rings. The first-order valence-corrected chi connectivity index (χ1v) is 7.22. The maximum atomic E-state index is 12.6. The SMILES string of the molecule is CC(C)c1noc(CCNC(=O)N2CCOC(C(F)F)C2)n1. The number of carbonyl (C=O) groups is 1. The van der Waals surface area contributed by atoms with Gasteiger partial charge in [0.15, 0.2) is 5.82 Å². The van der Waals surface area contributed by atoms with Crippen molar-refractivity contribution in [3.8, 4) is 0 Å². The number of aromatic nitrogens is 2. The quantitative estimate of drug-likeness (QED) is 0.888. The summed E-state index contributed by atoms with van der Waals surface area (Å²) in [6.07, 6.45) is -3.42. The number of hydrogen-bond donors (Lipinski definition) is 1. The highest BCUT2D eigenvalue weighted by atomic mass is 19.3. The smallest absolute Gasteiger partial charge is 0.317 e. The Balaban J connectivity index is 1.75. The third kappa shape index (κ3) is 4.36. The van der Waals surface area contributed by atoms with Gasteiger partial charge in [-0.3, -0.25) is 0 Å².